The van der Waals surface area contributed by atoms with E-state index < -0.39 is 0 Å². The molecule has 1 aromatic carbocycles. The van der Waals surface area contributed by atoms with Crippen LogP contribution in [0.1, 0.15) is 53.6 Å². The number of quaternary nitrogens is 1. The molecular weight excluding hydrogens is 398 g/mol. The highest BCUT2D eigenvalue weighted by molar-refractivity contribution is 7.18. The third-order valence-corrected chi connectivity index (χ3v) is 7.86. The first-order valence-corrected chi connectivity index (χ1v) is 11.9. The maximum atomic E-state index is 12.8. The number of hydrogen-bond acceptors (Lipinski definition) is 5. The summed E-state index contributed by atoms with van der Waals surface area (Å²) in [4.78, 5) is 24.5. The van der Waals surface area contributed by atoms with Gasteiger partial charge in [0.2, 0.25) is 0 Å². The van der Waals surface area contributed by atoms with Crippen molar-refractivity contribution in [3.05, 3.63) is 50.4 Å². The smallest absolute Gasteiger partial charge is 0.260 e. The van der Waals surface area contributed by atoms with Gasteiger partial charge < -0.3 is 19.4 Å². The zero-order valence-corrected chi connectivity index (χ0v) is 17.8. The van der Waals surface area contributed by atoms with Gasteiger partial charge in [-0.1, -0.05) is 0 Å². The van der Waals surface area contributed by atoms with Gasteiger partial charge >= 0.3 is 0 Å². The van der Waals surface area contributed by atoms with Crippen molar-refractivity contribution in [2.45, 2.75) is 51.1 Å². The normalized spacial score (nSPS) is 22.9. The van der Waals surface area contributed by atoms with E-state index in [-0.39, 0.29) is 5.56 Å². The summed E-state index contributed by atoms with van der Waals surface area (Å²) in [7, 11) is 0. The van der Waals surface area contributed by atoms with Crippen LogP contribution in [0.2, 0.25) is 0 Å². The summed E-state index contributed by atoms with van der Waals surface area (Å²) >= 11 is 1.72. The van der Waals surface area contributed by atoms with Crippen molar-refractivity contribution in [1.82, 2.24) is 9.97 Å². The predicted molar refractivity (Wildman–Crippen MR) is 116 cm³/mol. The quantitative estimate of drug-likeness (QED) is 0.678. The average molecular weight is 425 g/mol. The fourth-order valence-electron chi connectivity index (χ4n) is 5.27. The number of aryl methyl sites for hydroxylation is 2. The molecule has 3 aromatic rings. The first-order chi connectivity index (χ1) is 14.8. The number of likely N-dealkylation sites (tertiary alicyclic amines) is 1. The number of benzene rings is 1. The molecule has 1 fully saturated rings. The summed E-state index contributed by atoms with van der Waals surface area (Å²) in [5.74, 6) is 2.51. The van der Waals surface area contributed by atoms with Gasteiger partial charge in [-0.25, -0.2) is 4.98 Å². The van der Waals surface area contributed by atoms with Crippen LogP contribution < -0.4 is 19.9 Å². The monoisotopic (exact) mass is 424 g/mol. The molecule has 4 heterocycles. The molecule has 0 spiro atoms. The molecule has 7 heteroatoms. The minimum absolute atomic E-state index is 0.0418. The zero-order valence-electron chi connectivity index (χ0n) is 17.0. The first-order valence-electron chi connectivity index (χ1n) is 11.0. The second kappa shape index (κ2) is 7.39. The van der Waals surface area contributed by atoms with Crippen molar-refractivity contribution < 1.29 is 14.4 Å². The molecule has 2 aliphatic heterocycles. The Morgan fingerprint density at radius 3 is 2.97 bits per heavy atom. The number of nitrogens with one attached hydrogen (secondary N) is 2. The van der Waals surface area contributed by atoms with E-state index in [1.165, 1.54) is 27.3 Å². The fraction of sp³-hybridized carbons (Fsp3) is 0.478. The first kappa shape index (κ1) is 18.4. The van der Waals surface area contributed by atoms with E-state index in [9.17, 15) is 4.79 Å². The molecule has 2 aromatic heterocycles. The summed E-state index contributed by atoms with van der Waals surface area (Å²) in [5.41, 5.74) is 2.57. The van der Waals surface area contributed by atoms with Gasteiger partial charge in [0, 0.05) is 29.7 Å². The SMILES string of the molecule is O=c1[nH]c(C[NH+]2CCC[C@H]2c2ccc3c(c2)OCCCO3)nc2sc3c(c12)CCC3. The summed E-state index contributed by atoms with van der Waals surface area (Å²) in [5, 5.41) is 0.840. The lowest BCUT2D eigenvalue weighted by Gasteiger charge is -2.22. The van der Waals surface area contributed by atoms with E-state index in [0.29, 0.717) is 19.3 Å². The van der Waals surface area contributed by atoms with Gasteiger partial charge in [-0.2, -0.15) is 0 Å². The van der Waals surface area contributed by atoms with Crippen LogP contribution in [-0.2, 0) is 19.4 Å². The highest BCUT2D eigenvalue weighted by Gasteiger charge is 2.32. The molecular formula is C23H26N3O3S+. The average Bonchev–Trinajstić information content (AvgIpc) is 3.40. The van der Waals surface area contributed by atoms with Gasteiger partial charge in [-0.15, -0.1) is 11.3 Å². The highest BCUT2D eigenvalue weighted by Crippen LogP contribution is 2.35. The zero-order chi connectivity index (χ0) is 20.1. The van der Waals surface area contributed by atoms with Crippen LogP contribution >= 0.6 is 11.3 Å². The van der Waals surface area contributed by atoms with Crippen molar-refractivity contribution >= 4 is 21.6 Å². The Bertz CT molecular complexity index is 1170. The fourth-order valence-corrected chi connectivity index (χ4v) is 6.55. The van der Waals surface area contributed by atoms with Crippen LogP contribution in [0.5, 0.6) is 11.5 Å². The minimum Gasteiger partial charge on any atom is -0.490 e. The molecule has 0 amide bonds. The number of H-pyrrole nitrogens is 1. The van der Waals surface area contributed by atoms with Gasteiger partial charge in [0.05, 0.1) is 25.1 Å². The second-order valence-corrected chi connectivity index (χ2v) is 9.67. The number of thiophene rings is 1. The maximum Gasteiger partial charge on any atom is 0.260 e. The molecule has 0 radical (unpaired) electrons. The number of hydrogen-bond donors (Lipinski definition) is 2. The van der Waals surface area contributed by atoms with Crippen molar-refractivity contribution in [3.63, 3.8) is 0 Å². The lowest BCUT2D eigenvalue weighted by atomic mass is 10.0. The Labute approximate surface area is 178 Å². The molecule has 2 N–H and O–H groups in total. The van der Waals surface area contributed by atoms with Crippen LogP contribution in [0.4, 0.5) is 0 Å². The number of aromatic amines is 1. The van der Waals surface area contributed by atoms with Crippen molar-refractivity contribution in [3.8, 4) is 11.5 Å². The number of nitrogens with zero attached hydrogens (tertiary/aromatic N) is 1. The second-order valence-electron chi connectivity index (χ2n) is 8.59. The molecule has 0 bridgehead atoms. The van der Waals surface area contributed by atoms with Crippen molar-refractivity contribution in [2.24, 2.45) is 0 Å². The number of aromatic nitrogens is 2. The summed E-state index contributed by atoms with van der Waals surface area (Å²) in [6.07, 6.45) is 6.49. The van der Waals surface area contributed by atoms with Gasteiger partial charge in [-0.3, -0.25) is 4.79 Å². The molecule has 156 valence electrons. The number of rotatable bonds is 3. The van der Waals surface area contributed by atoms with Crippen LogP contribution in [0.25, 0.3) is 10.2 Å². The van der Waals surface area contributed by atoms with Crippen LogP contribution in [-0.4, -0.2) is 29.7 Å². The van der Waals surface area contributed by atoms with Crippen LogP contribution in [0.3, 0.4) is 0 Å². The van der Waals surface area contributed by atoms with Gasteiger partial charge in [-0.05, 0) is 43.0 Å². The van der Waals surface area contributed by atoms with Gasteiger partial charge in [0.1, 0.15) is 17.4 Å². The van der Waals surface area contributed by atoms with Crippen LogP contribution in [0.15, 0.2) is 23.0 Å². The molecule has 0 saturated carbocycles. The van der Waals surface area contributed by atoms with E-state index in [0.717, 1.165) is 72.7 Å². The molecule has 2 atom stereocenters. The van der Waals surface area contributed by atoms with Gasteiger partial charge in [0.25, 0.3) is 5.56 Å². The maximum absolute atomic E-state index is 12.8. The van der Waals surface area contributed by atoms with Gasteiger partial charge in [0.15, 0.2) is 17.3 Å². The van der Waals surface area contributed by atoms with Crippen LogP contribution in [0, 0.1) is 0 Å². The molecule has 6 nitrogen and oxygen atoms in total. The van der Waals surface area contributed by atoms with E-state index >= 15 is 0 Å². The Morgan fingerprint density at radius 2 is 2.03 bits per heavy atom. The molecule has 3 aliphatic rings. The molecule has 6 rings (SSSR count). The summed E-state index contributed by atoms with van der Waals surface area (Å²) in [6.45, 7) is 3.24. The van der Waals surface area contributed by atoms with E-state index in [1.807, 2.05) is 6.07 Å². The van der Waals surface area contributed by atoms with E-state index in [1.54, 1.807) is 11.3 Å². The third-order valence-electron chi connectivity index (χ3n) is 6.68. The molecule has 30 heavy (non-hydrogen) atoms. The molecule has 1 aliphatic carbocycles. The molecule has 1 saturated heterocycles. The third kappa shape index (κ3) is 3.11. The predicted octanol–water partition coefficient (Wildman–Crippen LogP) is 2.55. The molecule has 1 unspecified atom stereocenters. The lowest BCUT2D eigenvalue weighted by Crippen LogP contribution is -3.09. The van der Waals surface area contributed by atoms with Crippen molar-refractivity contribution in [1.29, 1.82) is 0 Å². The Morgan fingerprint density at radius 1 is 1.13 bits per heavy atom. The number of fused-ring (bicyclic) bond motifs is 4. The summed E-state index contributed by atoms with van der Waals surface area (Å²) in [6, 6.07) is 6.76. The summed E-state index contributed by atoms with van der Waals surface area (Å²) < 4.78 is 11.7. The Hall–Kier alpha value is -2.38. The van der Waals surface area contributed by atoms with Crippen molar-refractivity contribution in [2.75, 3.05) is 19.8 Å². The number of ether oxygens (including phenoxy) is 2. The van der Waals surface area contributed by atoms with E-state index in [4.69, 9.17) is 14.5 Å². The Balaban J connectivity index is 1.28. The highest BCUT2D eigenvalue weighted by atomic mass is 32.1. The topological polar surface area (TPSA) is 68.7 Å². The standard InChI is InChI=1S/C23H25N3O3S/c27-22-21-15-4-1-6-19(15)30-23(21)25-20(24-22)13-26-9-2-5-16(26)14-7-8-17-18(12-14)29-11-3-10-28-17/h7-8,12,16H,1-6,9-11,13H2,(H,24,25,27)/p+1/t16-/m0/s1. The lowest BCUT2D eigenvalue weighted by molar-refractivity contribution is -0.932. The minimum atomic E-state index is 0.0418. The largest absolute Gasteiger partial charge is 0.490 e. The Kier molecular flexibility index (Phi) is 4.53. The van der Waals surface area contributed by atoms with E-state index in [2.05, 4.69) is 17.1 Å².